The van der Waals surface area contributed by atoms with Crippen LogP contribution < -0.4 is 16.0 Å². The summed E-state index contributed by atoms with van der Waals surface area (Å²) in [5.41, 5.74) is 0.993. The molecule has 0 bridgehead atoms. The Morgan fingerprint density at radius 3 is 2.17 bits per heavy atom. The summed E-state index contributed by atoms with van der Waals surface area (Å²) < 4.78 is 0. The third-order valence-corrected chi connectivity index (χ3v) is 6.12. The van der Waals surface area contributed by atoms with Gasteiger partial charge in [0.2, 0.25) is 11.8 Å². The monoisotopic (exact) mass is 488 g/mol. The van der Waals surface area contributed by atoms with E-state index in [2.05, 4.69) is 35.9 Å². The Kier molecular flexibility index (Phi) is 10.5. The fourth-order valence-electron chi connectivity index (χ4n) is 3.88. The number of carbonyl (C=O) groups excluding carboxylic acids is 2. The van der Waals surface area contributed by atoms with E-state index in [4.69, 9.17) is 5.11 Å². The number of hydrogen-bond donors (Lipinski definition) is 4. The fraction of sp³-hybridized carbons (Fsp3) is 0.593. The Morgan fingerprint density at radius 1 is 1.09 bits per heavy atom. The van der Waals surface area contributed by atoms with Crippen molar-refractivity contribution in [3.05, 3.63) is 41.5 Å². The van der Waals surface area contributed by atoms with Crippen LogP contribution in [-0.2, 0) is 19.8 Å². The summed E-state index contributed by atoms with van der Waals surface area (Å²) in [6.07, 6.45) is 1.49. The molecule has 35 heavy (non-hydrogen) atoms. The van der Waals surface area contributed by atoms with Crippen molar-refractivity contribution in [1.29, 1.82) is 0 Å². The number of nitrogens with one attached hydrogen (secondary N) is 3. The second kappa shape index (κ2) is 12.2. The highest BCUT2D eigenvalue weighted by molar-refractivity contribution is 5.91. The van der Waals surface area contributed by atoms with E-state index in [1.54, 1.807) is 14.1 Å². The predicted molar refractivity (Wildman–Crippen MR) is 141 cm³/mol. The zero-order valence-corrected chi connectivity index (χ0v) is 22.9. The largest absolute Gasteiger partial charge is 0.478 e. The standard InChI is InChI=1S/C27H44N4O4/c1-17(2)29-20-13-11-12-19(16-20)27(7,8)21(28-9)23(32)30-22(26(4,5)6)24(33)31(10)15-14-18(3)25(34)35/h11-14,16-17,21-22,28-29H,15H2,1-10H3,(H,30,32)(H,34,35)/b18-14+. The summed E-state index contributed by atoms with van der Waals surface area (Å²) in [6, 6.07) is 6.90. The first kappa shape index (κ1) is 30.2. The second-order valence-corrected chi connectivity index (χ2v) is 11.0. The normalized spacial score (nSPS) is 14.3. The van der Waals surface area contributed by atoms with Gasteiger partial charge in [-0.1, -0.05) is 52.8 Å². The van der Waals surface area contributed by atoms with E-state index >= 15 is 0 Å². The van der Waals surface area contributed by atoms with Crippen molar-refractivity contribution < 1.29 is 19.5 Å². The van der Waals surface area contributed by atoms with Crippen molar-refractivity contribution in [1.82, 2.24) is 15.5 Å². The molecule has 1 aromatic carbocycles. The van der Waals surface area contributed by atoms with Gasteiger partial charge in [0.25, 0.3) is 0 Å². The van der Waals surface area contributed by atoms with E-state index in [1.165, 1.54) is 17.9 Å². The summed E-state index contributed by atoms with van der Waals surface area (Å²) in [5, 5.41) is 18.6. The van der Waals surface area contributed by atoms with Crippen LogP contribution in [0.15, 0.2) is 35.9 Å². The van der Waals surface area contributed by atoms with Crippen LogP contribution in [0.2, 0.25) is 0 Å². The number of benzene rings is 1. The van der Waals surface area contributed by atoms with Crippen molar-refractivity contribution in [2.45, 2.75) is 78.9 Å². The molecule has 0 aliphatic heterocycles. The topological polar surface area (TPSA) is 111 Å². The van der Waals surface area contributed by atoms with E-state index < -0.39 is 28.9 Å². The molecular formula is C27H44N4O4. The molecule has 2 unspecified atom stereocenters. The van der Waals surface area contributed by atoms with E-state index in [0.29, 0.717) is 0 Å². The lowest BCUT2D eigenvalue weighted by molar-refractivity contribution is -0.139. The van der Waals surface area contributed by atoms with Crippen LogP contribution in [0.4, 0.5) is 5.69 Å². The SMILES string of the molecule is CNC(C(=O)NC(C(=O)N(C)C/C=C(\C)C(=O)O)C(C)(C)C)C(C)(C)c1cccc(NC(C)C)c1. The predicted octanol–water partition coefficient (Wildman–Crippen LogP) is 3.39. The van der Waals surface area contributed by atoms with Crippen LogP contribution in [0.5, 0.6) is 0 Å². The fourth-order valence-corrected chi connectivity index (χ4v) is 3.88. The minimum absolute atomic E-state index is 0.135. The van der Waals surface area contributed by atoms with Gasteiger partial charge in [0.05, 0.1) is 6.04 Å². The zero-order valence-electron chi connectivity index (χ0n) is 22.9. The highest BCUT2D eigenvalue weighted by Crippen LogP contribution is 2.30. The van der Waals surface area contributed by atoms with Gasteiger partial charge in [-0.3, -0.25) is 9.59 Å². The lowest BCUT2D eigenvalue weighted by atomic mass is 9.76. The first-order valence-corrected chi connectivity index (χ1v) is 12.0. The van der Waals surface area contributed by atoms with Crippen LogP contribution >= 0.6 is 0 Å². The lowest BCUT2D eigenvalue weighted by Crippen LogP contribution is -2.60. The van der Waals surface area contributed by atoms with Gasteiger partial charge in [-0.2, -0.15) is 0 Å². The molecule has 0 radical (unpaired) electrons. The number of anilines is 1. The molecule has 0 aliphatic carbocycles. The van der Waals surface area contributed by atoms with Gasteiger partial charge in [-0.15, -0.1) is 0 Å². The van der Waals surface area contributed by atoms with Gasteiger partial charge >= 0.3 is 5.97 Å². The van der Waals surface area contributed by atoms with Crippen molar-refractivity contribution in [3.63, 3.8) is 0 Å². The first-order valence-electron chi connectivity index (χ1n) is 12.0. The average molecular weight is 489 g/mol. The number of likely N-dealkylation sites (N-methyl/N-ethyl adjacent to an activating group) is 2. The molecule has 0 heterocycles. The van der Waals surface area contributed by atoms with Crippen LogP contribution in [0.3, 0.4) is 0 Å². The molecule has 0 fully saturated rings. The Labute approximate surface area is 210 Å². The highest BCUT2D eigenvalue weighted by Gasteiger charge is 2.40. The Balaban J connectivity index is 3.18. The van der Waals surface area contributed by atoms with Gasteiger partial charge in [-0.25, -0.2) is 4.79 Å². The molecule has 1 aromatic rings. The lowest BCUT2D eigenvalue weighted by Gasteiger charge is -2.38. The molecular weight excluding hydrogens is 444 g/mol. The molecule has 8 heteroatoms. The van der Waals surface area contributed by atoms with Crippen LogP contribution in [0.25, 0.3) is 0 Å². The van der Waals surface area contributed by atoms with Crippen LogP contribution in [0, 0.1) is 5.41 Å². The number of hydrogen-bond acceptors (Lipinski definition) is 5. The molecule has 0 aromatic heterocycles. The molecule has 0 aliphatic rings. The maximum absolute atomic E-state index is 13.5. The minimum Gasteiger partial charge on any atom is -0.478 e. The number of amides is 2. The van der Waals surface area contributed by atoms with E-state index in [-0.39, 0.29) is 30.0 Å². The van der Waals surface area contributed by atoms with Crippen LogP contribution in [-0.4, -0.2) is 66.6 Å². The van der Waals surface area contributed by atoms with Gasteiger partial charge in [0.15, 0.2) is 0 Å². The van der Waals surface area contributed by atoms with E-state index in [0.717, 1.165) is 11.3 Å². The molecule has 0 saturated carbocycles. The minimum atomic E-state index is -1.03. The summed E-state index contributed by atoms with van der Waals surface area (Å²) >= 11 is 0. The van der Waals surface area contributed by atoms with Crippen molar-refractivity contribution in [3.8, 4) is 0 Å². The maximum Gasteiger partial charge on any atom is 0.331 e. The summed E-state index contributed by atoms with van der Waals surface area (Å²) in [6.45, 7) is 15.4. The average Bonchev–Trinajstić information content (AvgIpc) is 2.74. The molecule has 0 saturated heterocycles. The molecule has 196 valence electrons. The number of carbonyl (C=O) groups is 3. The second-order valence-electron chi connectivity index (χ2n) is 11.0. The molecule has 1 rings (SSSR count). The van der Waals surface area contributed by atoms with Crippen molar-refractivity contribution >= 4 is 23.5 Å². The summed E-state index contributed by atoms with van der Waals surface area (Å²) in [5.74, 6) is -1.59. The van der Waals surface area contributed by atoms with E-state index in [1.807, 2.05) is 52.8 Å². The smallest absolute Gasteiger partial charge is 0.331 e. The van der Waals surface area contributed by atoms with Gasteiger partial charge in [-0.05, 0) is 50.9 Å². The molecule has 2 amide bonds. The number of carboxylic acids is 1. The van der Waals surface area contributed by atoms with Gasteiger partial charge in [0, 0.05) is 36.3 Å². The number of carboxylic acid groups (broad SMARTS) is 1. The number of nitrogens with zero attached hydrogens (tertiary/aromatic N) is 1. The number of rotatable bonds is 11. The van der Waals surface area contributed by atoms with Gasteiger partial charge < -0.3 is 26.0 Å². The molecule has 4 N–H and O–H groups in total. The molecule has 8 nitrogen and oxygen atoms in total. The number of aliphatic carboxylic acids is 1. The van der Waals surface area contributed by atoms with E-state index in [9.17, 15) is 14.4 Å². The van der Waals surface area contributed by atoms with Crippen molar-refractivity contribution in [2.24, 2.45) is 5.41 Å². The van der Waals surface area contributed by atoms with Crippen LogP contribution in [0.1, 0.15) is 61.0 Å². The maximum atomic E-state index is 13.5. The molecule has 2 atom stereocenters. The third-order valence-electron chi connectivity index (χ3n) is 6.12. The first-order chi connectivity index (χ1) is 16.0. The Bertz CT molecular complexity index is 931. The Hall–Kier alpha value is -2.87. The quantitative estimate of drug-likeness (QED) is 0.355. The molecule has 0 spiro atoms. The Morgan fingerprint density at radius 2 is 1.69 bits per heavy atom. The van der Waals surface area contributed by atoms with Gasteiger partial charge in [0.1, 0.15) is 6.04 Å². The highest BCUT2D eigenvalue weighted by atomic mass is 16.4. The zero-order chi connectivity index (χ0) is 27.1. The summed E-state index contributed by atoms with van der Waals surface area (Å²) in [4.78, 5) is 39.3. The third kappa shape index (κ3) is 8.38. The summed E-state index contributed by atoms with van der Waals surface area (Å²) in [7, 11) is 3.34. The van der Waals surface area contributed by atoms with Crippen molar-refractivity contribution in [2.75, 3.05) is 26.0 Å².